The third-order valence-corrected chi connectivity index (χ3v) is 13.4. The van der Waals surface area contributed by atoms with Crippen LogP contribution in [-0.4, -0.2) is 37.2 Å². The average Bonchev–Trinajstić information content (AvgIpc) is 3.49. The quantitative estimate of drug-likeness (QED) is 0.0261. The van der Waals surface area contributed by atoms with Gasteiger partial charge in [-0.1, -0.05) is 267 Å². The van der Waals surface area contributed by atoms with E-state index in [4.69, 9.17) is 14.2 Å². The van der Waals surface area contributed by atoms with Gasteiger partial charge in [0.2, 0.25) is 0 Å². The van der Waals surface area contributed by atoms with Crippen molar-refractivity contribution in [3.63, 3.8) is 0 Å². The number of allylic oxidation sites excluding steroid dienone is 30. The van der Waals surface area contributed by atoms with Crippen molar-refractivity contribution in [3.8, 4) is 0 Å². The van der Waals surface area contributed by atoms with Crippen LogP contribution in [0.4, 0.5) is 0 Å². The average molecular weight is 1140 g/mol. The molecule has 0 aromatic heterocycles. The molecule has 0 amide bonds. The minimum atomic E-state index is -0.836. The van der Waals surface area contributed by atoms with Gasteiger partial charge in [-0.05, 0) is 161 Å². The highest BCUT2D eigenvalue weighted by molar-refractivity contribution is 5.71. The zero-order valence-corrected chi connectivity index (χ0v) is 53.1. The van der Waals surface area contributed by atoms with E-state index >= 15 is 0 Å². The summed E-state index contributed by atoms with van der Waals surface area (Å²) in [5.74, 6) is -1.02. The first-order chi connectivity index (χ1) is 41.0. The van der Waals surface area contributed by atoms with Crippen LogP contribution >= 0.6 is 0 Å². The highest BCUT2D eigenvalue weighted by Crippen LogP contribution is 2.14. The first kappa shape index (κ1) is 77.5. The Morgan fingerprint density at radius 1 is 0.253 bits per heavy atom. The molecule has 1 unspecified atom stereocenters. The lowest BCUT2D eigenvalue weighted by Gasteiger charge is -2.18. The van der Waals surface area contributed by atoms with Crippen LogP contribution in [0.1, 0.15) is 265 Å². The van der Waals surface area contributed by atoms with Crippen molar-refractivity contribution in [3.05, 3.63) is 182 Å². The second-order valence-electron chi connectivity index (χ2n) is 21.3. The molecule has 0 bridgehead atoms. The molecular weight excluding hydrogens is 1020 g/mol. The van der Waals surface area contributed by atoms with Crippen LogP contribution in [-0.2, 0) is 28.6 Å². The van der Waals surface area contributed by atoms with E-state index in [0.717, 1.165) is 141 Å². The molecule has 0 spiro atoms. The summed E-state index contributed by atoms with van der Waals surface area (Å²) >= 11 is 0. The molecule has 0 aliphatic rings. The third kappa shape index (κ3) is 67.2. The van der Waals surface area contributed by atoms with Crippen molar-refractivity contribution in [2.75, 3.05) is 13.2 Å². The molecule has 0 rings (SSSR count). The Kier molecular flexibility index (Phi) is 64.4. The lowest BCUT2D eigenvalue weighted by molar-refractivity contribution is -0.167. The lowest BCUT2D eigenvalue weighted by Crippen LogP contribution is -2.30. The van der Waals surface area contributed by atoms with Crippen LogP contribution in [0.25, 0.3) is 0 Å². The molecule has 6 nitrogen and oxygen atoms in total. The van der Waals surface area contributed by atoms with Gasteiger partial charge in [-0.3, -0.25) is 14.4 Å². The van der Waals surface area contributed by atoms with Crippen LogP contribution in [0.15, 0.2) is 182 Å². The molecule has 0 saturated carbocycles. The molecule has 0 heterocycles. The fourth-order valence-electron chi connectivity index (χ4n) is 8.46. The minimum Gasteiger partial charge on any atom is -0.462 e. The maximum Gasteiger partial charge on any atom is 0.306 e. The second kappa shape index (κ2) is 69.0. The number of hydrogen-bond acceptors (Lipinski definition) is 6. The van der Waals surface area contributed by atoms with Gasteiger partial charge in [0.05, 0.1) is 0 Å². The Balaban J connectivity index is 4.59. The summed E-state index contributed by atoms with van der Waals surface area (Å²) in [5, 5.41) is 0. The summed E-state index contributed by atoms with van der Waals surface area (Å²) in [6.07, 6.45) is 103. The molecule has 0 fully saturated rings. The van der Waals surface area contributed by atoms with Gasteiger partial charge < -0.3 is 14.2 Å². The smallest absolute Gasteiger partial charge is 0.306 e. The molecule has 0 saturated heterocycles. The minimum absolute atomic E-state index is 0.123. The van der Waals surface area contributed by atoms with Gasteiger partial charge in [0, 0.05) is 19.3 Å². The van der Waals surface area contributed by atoms with Crippen LogP contribution in [0, 0.1) is 0 Å². The van der Waals surface area contributed by atoms with E-state index in [2.05, 4.69) is 203 Å². The van der Waals surface area contributed by atoms with E-state index in [-0.39, 0.29) is 44.0 Å². The normalized spacial score (nSPS) is 13.3. The van der Waals surface area contributed by atoms with E-state index < -0.39 is 6.10 Å². The fraction of sp³-hybridized carbons (Fsp3) is 0.571. The molecule has 0 aromatic carbocycles. The second-order valence-corrected chi connectivity index (χ2v) is 21.3. The molecule has 83 heavy (non-hydrogen) atoms. The highest BCUT2D eigenvalue weighted by atomic mass is 16.6. The number of rotatable bonds is 58. The summed E-state index contributed by atoms with van der Waals surface area (Å²) in [6, 6.07) is 0. The first-order valence-electron chi connectivity index (χ1n) is 33.3. The largest absolute Gasteiger partial charge is 0.462 e. The zero-order valence-electron chi connectivity index (χ0n) is 53.1. The van der Waals surface area contributed by atoms with Gasteiger partial charge in [-0.25, -0.2) is 0 Å². The van der Waals surface area contributed by atoms with Crippen molar-refractivity contribution in [1.29, 1.82) is 0 Å². The number of unbranched alkanes of at least 4 members (excludes halogenated alkanes) is 17. The maximum absolute atomic E-state index is 12.9. The number of carbonyl (C=O) groups excluding carboxylic acids is 3. The predicted octanol–water partition coefficient (Wildman–Crippen LogP) is 23.2. The van der Waals surface area contributed by atoms with Crippen molar-refractivity contribution in [2.45, 2.75) is 271 Å². The van der Waals surface area contributed by atoms with Gasteiger partial charge >= 0.3 is 17.9 Å². The number of carbonyl (C=O) groups is 3. The fourth-order valence-corrected chi connectivity index (χ4v) is 8.46. The Bertz CT molecular complexity index is 1940. The third-order valence-electron chi connectivity index (χ3n) is 13.4. The molecular formula is C77H120O6. The van der Waals surface area contributed by atoms with Gasteiger partial charge in [-0.15, -0.1) is 0 Å². The molecule has 0 aliphatic carbocycles. The van der Waals surface area contributed by atoms with Crippen LogP contribution < -0.4 is 0 Å². The Morgan fingerprint density at radius 2 is 0.470 bits per heavy atom. The standard InChI is InChI=1S/C77H120O6/c1-4-7-10-13-16-19-22-25-28-31-34-37-38-41-43-46-49-52-55-58-61-64-67-70-76(79)82-73-74(83-77(80)71-68-65-62-59-56-53-50-47-44-40-36-33-30-27-24-21-18-15-12-9-6-3)72-81-75(78)69-66-63-60-57-54-51-48-45-42-39-35-32-29-26-23-20-17-14-11-8-5-2/h8-9,11-12,17-18,20-22,25-27,29-31,34-36,38-41,45,47-48,50,54,56-57,59,74H,4-7,10,13-16,19,23-24,28,32-33,37,42-44,46,49,51-53,55,58,60-73H2,1-3H3/b11-8-,12-9-,20-17-,21-18-,25-22-,29-26-,30-27-,34-31-,39-35-,40-36-,41-38-,48-45-,50-47-,57-54-,59-56-. The van der Waals surface area contributed by atoms with Crippen LogP contribution in [0.3, 0.4) is 0 Å². The topological polar surface area (TPSA) is 78.9 Å². The van der Waals surface area contributed by atoms with Gasteiger partial charge in [-0.2, -0.15) is 0 Å². The monoisotopic (exact) mass is 1140 g/mol. The van der Waals surface area contributed by atoms with Gasteiger partial charge in [0.1, 0.15) is 13.2 Å². The Hall–Kier alpha value is -5.49. The summed E-state index contributed by atoms with van der Waals surface area (Å²) in [7, 11) is 0. The Labute approximate surface area is 510 Å². The predicted molar refractivity (Wildman–Crippen MR) is 361 cm³/mol. The van der Waals surface area contributed by atoms with Gasteiger partial charge in [0.25, 0.3) is 0 Å². The van der Waals surface area contributed by atoms with E-state index in [1.54, 1.807) is 0 Å². The van der Waals surface area contributed by atoms with Gasteiger partial charge in [0.15, 0.2) is 6.10 Å². The van der Waals surface area contributed by atoms with Crippen LogP contribution in [0.2, 0.25) is 0 Å². The van der Waals surface area contributed by atoms with E-state index in [1.807, 2.05) is 0 Å². The Morgan fingerprint density at radius 3 is 0.759 bits per heavy atom. The maximum atomic E-state index is 12.9. The molecule has 0 radical (unpaired) electrons. The summed E-state index contributed by atoms with van der Waals surface area (Å²) in [4.78, 5) is 38.4. The molecule has 0 aromatic rings. The number of hydrogen-bond donors (Lipinski definition) is 0. The number of ether oxygens (including phenoxy) is 3. The molecule has 0 N–H and O–H groups in total. The van der Waals surface area contributed by atoms with Crippen molar-refractivity contribution in [2.24, 2.45) is 0 Å². The molecule has 6 heteroatoms. The van der Waals surface area contributed by atoms with Crippen molar-refractivity contribution < 1.29 is 28.6 Å². The lowest BCUT2D eigenvalue weighted by atomic mass is 10.1. The van der Waals surface area contributed by atoms with E-state index in [1.165, 1.54) is 70.6 Å². The highest BCUT2D eigenvalue weighted by Gasteiger charge is 2.19. The van der Waals surface area contributed by atoms with Crippen molar-refractivity contribution in [1.82, 2.24) is 0 Å². The molecule has 0 aliphatic heterocycles. The SMILES string of the molecule is CC/C=C\C/C=C\C/C=C\C/C=C\C/C=C\C/C=C\CCCCC(=O)OCC(COC(=O)CCCCCCCCCC/C=C\C/C=C\C/C=C\CCCCCCC)OC(=O)CCCC/C=C\C/C=C\C/C=C\C/C=C\C/C=C\C/C=C\CC. The van der Waals surface area contributed by atoms with Crippen LogP contribution in [0.5, 0.6) is 0 Å². The van der Waals surface area contributed by atoms with E-state index in [9.17, 15) is 14.4 Å². The zero-order chi connectivity index (χ0) is 59.9. The van der Waals surface area contributed by atoms with E-state index in [0.29, 0.717) is 19.3 Å². The summed E-state index contributed by atoms with van der Waals surface area (Å²) in [5.41, 5.74) is 0. The van der Waals surface area contributed by atoms with Crippen molar-refractivity contribution >= 4 is 17.9 Å². The molecule has 464 valence electrons. The number of esters is 3. The molecule has 1 atom stereocenters. The summed E-state index contributed by atoms with van der Waals surface area (Å²) < 4.78 is 16.9. The summed E-state index contributed by atoms with van der Waals surface area (Å²) in [6.45, 7) is 6.32. The first-order valence-corrected chi connectivity index (χ1v) is 33.3.